The van der Waals surface area contributed by atoms with E-state index in [1.165, 1.54) is 0 Å². The second kappa shape index (κ2) is 11.6. The van der Waals surface area contributed by atoms with E-state index in [1.54, 1.807) is 7.11 Å². The molecule has 1 aliphatic heterocycles. The Hall–Kier alpha value is -2.31. The molecule has 1 heterocycles. The van der Waals surface area contributed by atoms with Crippen molar-refractivity contribution in [2.45, 2.75) is 57.8 Å². The molecule has 35 heavy (non-hydrogen) atoms. The van der Waals surface area contributed by atoms with Gasteiger partial charge in [0.05, 0.1) is 10.2 Å². The molecule has 1 aromatic carbocycles. The van der Waals surface area contributed by atoms with E-state index in [0.717, 1.165) is 70.3 Å². The first kappa shape index (κ1) is 25.8. The third-order valence-corrected chi connectivity index (χ3v) is 7.58. The summed E-state index contributed by atoms with van der Waals surface area (Å²) in [6.07, 6.45) is 10.6. The molecule has 7 heteroatoms. The van der Waals surface area contributed by atoms with E-state index < -0.39 is 0 Å². The van der Waals surface area contributed by atoms with Gasteiger partial charge in [0.2, 0.25) is 0 Å². The lowest BCUT2D eigenvalue weighted by atomic mass is 9.71. The number of hydrogen-bond donors (Lipinski definition) is 0. The highest BCUT2D eigenvalue weighted by molar-refractivity contribution is 14.1. The summed E-state index contributed by atoms with van der Waals surface area (Å²) in [6, 6.07) is 3.95. The van der Waals surface area contributed by atoms with E-state index in [0.29, 0.717) is 37.6 Å². The topological polar surface area (TPSA) is 65.1 Å². The summed E-state index contributed by atoms with van der Waals surface area (Å²) in [5.41, 5.74) is 4.61. The first-order valence-electron chi connectivity index (χ1n) is 12.3. The molecule has 0 aromatic heterocycles. The predicted octanol–water partition coefficient (Wildman–Crippen LogP) is 5.15. The van der Waals surface area contributed by atoms with Crippen molar-refractivity contribution in [1.29, 1.82) is 0 Å². The Labute approximate surface area is 221 Å². The third-order valence-electron chi connectivity index (χ3n) is 6.78. The Kier molecular flexibility index (Phi) is 8.55. The minimum absolute atomic E-state index is 0.136. The van der Waals surface area contributed by atoms with Gasteiger partial charge in [0.1, 0.15) is 6.61 Å². The number of methoxy groups -OCH3 is 1. The zero-order valence-electron chi connectivity index (χ0n) is 20.5. The zero-order valence-corrected chi connectivity index (χ0v) is 22.6. The van der Waals surface area contributed by atoms with E-state index >= 15 is 0 Å². The third kappa shape index (κ3) is 5.14. The molecule has 3 aliphatic rings. The molecule has 6 nitrogen and oxygen atoms in total. The maximum atomic E-state index is 13.4. The molecule has 0 atom stereocenters. The number of ether oxygens (including phenoxy) is 3. The van der Waals surface area contributed by atoms with Crippen LogP contribution >= 0.6 is 22.6 Å². The molecule has 1 aromatic rings. The summed E-state index contributed by atoms with van der Waals surface area (Å²) in [7, 11) is 1.70. The molecule has 0 saturated carbocycles. The number of benzene rings is 1. The molecule has 0 N–H and O–H groups in total. The first-order valence-corrected chi connectivity index (χ1v) is 13.4. The van der Waals surface area contributed by atoms with E-state index in [-0.39, 0.29) is 24.1 Å². The van der Waals surface area contributed by atoms with E-state index in [2.05, 4.69) is 33.4 Å². The predicted molar refractivity (Wildman–Crippen MR) is 142 cm³/mol. The van der Waals surface area contributed by atoms with Crippen LogP contribution in [-0.2, 0) is 14.3 Å². The van der Waals surface area contributed by atoms with Crippen LogP contribution in [-0.4, -0.2) is 49.9 Å². The number of carbonyl (C=O) groups is 2. The molecule has 0 saturated heterocycles. The van der Waals surface area contributed by atoms with Crippen LogP contribution in [0.3, 0.4) is 0 Å². The lowest BCUT2D eigenvalue weighted by Gasteiger charge is -2.44. The van der Waals surface area contributed by atoms with Gasteiger partial charge in [-0.3, -0.25) is 9.59 Å². The van der Waals surface area contributed by atoms with Crippen molar-refractivity contribution in [2.75, 3.05) is 33.5 Å². The van der Waals surface area contributed by atoms with Crippen LogP contribution < -0.4 is 9.47 Å². The van der Waals surface area contributed by atoms with Crippen LogP contribution in [0.25, 0.3) is 0 Å². The average molecular weight is 589 g/mol. The second-order valence-electron chi connectivity index (χ2n) is 8.96. The molecule has 4 rings (SSSR count). The van der Waals surface area contributed by atoms with Gasteiger partial charge in [0.15, 0.2) is 23.1 Å². The normalized spacial score (nSPS) is 18.4. The van der Waals surface area contributed by atoms with E-state index in [1.807, 2.05) is 19.1 Å². The van der Waals surface area contributed by atoms with Gasteiger partial charge in [-0.1, -0.05) is 5.92 Å². The van der Waals surface area contributed by atoms with Gasteiger partial charge in [-0.05, 0) is 79.3 Å². The number of halogens is 1. The van der Waals surface area contributed by atoms with Gasteiger partial charge in [-0.15, -0.1) is 6.42 Å². The summed E-state index contributed by atoms with van der Waals surface area (Å²) < 4.78 is 17.9. The van der Waals surface area contributed by atoms with Gasteiger partial charge in [0.25, 0.3) is 0 Å². The number of allylic oxidation sites excluding steroid dienone is 4. The van der Waals surface area contributed by atoms with E-state index in [9.17, 15) is 9.59 Å². The lowest BCUT2D eigenvalue weighted by molar-refractivity contribution is -0.117. The number of ketones is 2. The maximum Gasteiger partial charge on any atom is 0.175 e. The molecular weight excluding hydrogens is 557 g/mol. The van der Waals surface area contributed by atoms with Crippen LogP contribution in [0.1, 0.15) is 63.4 Å². The monoisotopic (exact) mass is 589 g/mol. The second-order valence-corrected chi connectivity index (χ2v) is 10.1. The smallest absolute Gasteiger partial charge is 0.175 e. The van der Waals surface area contributed by atoms with Crippen molar-refractivity contribution < 1.29 is 23.8 Å². The van der Waals surface area contributed by atoms with Crippen LogP contribution in [0.15, 0.2) is 34.7 Å². The van der Waals surface area contributed by atoms with Gasteiger partial charge in [-0.2, -0.15) is 0 Å². The van der Waals surface area contributed by atoms with Crippen molar-refractivity contribution in [3.63, 3.8) is 0 Å². The molecule has 0 fully saturated rings. The van der Waals surface area contributed by atoms with Crippen molar-refractivity contribution in [3.05, 3.63) is 43.8 Å². The molecule has 0 spiro atoms. The number of carbonyl (C=O) groups excluding carboxylic acids is 2. The minimum Gasteiger partial charge on any atom is -0.490 e. The highest BCUT2D eigenvalue weighted by Crippen LogP contribution is 2.50. The zero-order chi connectivity index (χ0) is 24.9. The van der Waals surface area contributed by atoms with Crippen molar-refractivity contribution >= 4 is 34.2 Å². The van der Waals surface area contributed by atoms with Gasteiger partial charge >= 0.3 is 0 Å². The number of hydrogen-bond acceptors (Lipinski definition) is 6. The Morgan fingerprint density at radius 1 is 1.06 bits per heavy atom. The largest absolute Gasteiger partial charge is 0.490 e. The molecule has 0 bridgehead atoms. The van der Waals surface area contributed by atoms with Crippen molar-refractivity contribution in [1.82, 2.24) is 4.90 Å². The van der Waals surface area contributed by atoms with Crippen LogP contribution in [0.2, 0.25) is 0 Å². The first-order chi connectivity index (χ1) is 17.0. The van der Waals surface area contributed by atoms with Crippen molar-refractivity contribution in [3.8, 4) is 23.8 Å². The van der Waals surface area contributed by atoms with Gasteiger partial charge in [-0.25, -0.2) is 0 Å². The molecular formula is C28H32INO5. The fourth-order valence-electron chi connectivity index (χ4n) is 5.46. The summed E-state index contributed by atoms with van der Waals surface area (Å²) in [5.74, 6) is 3.58. The highest BCUT2D eigenvalue weighted by Gasteiger charge is 2.43. The van der Waals surface area contributed by atoms with Gasteiger partial charge < -0.3 is 19.1 Å². The van der Waals surface area contributed by atoms with Gasteiger partial charge in [0, 0.05) is 61.6 Å². The summed E-state index contributed by atoms with van der Waals surface area (Å²) in [6.45, 7) is 3.90. The Morgan fingerprint density at radius 3 is 2.29 bits per heavy atom. The SMILES string of the molecule is C#CCOc1c(I)cc(C2C3=C(CCCC3=O)N(CCCOC)C3=C2C(=O)CCC3)cc1OCC. The highest BCUT2D eigenvalue weighted by atomic mass is 127. The molecule has 2 aliphatic carbocycles. The fourth-order valence-corrected chi connectivity index (χ4v) is 6.24. The Morgan fingerprint density at radius 2 is 1.71 bits per heavy atom. The molecule has 0 amide bonds. The number of rotatable bonds is 9. The van der Waals surface area contributed by atoms with Crippen LogP contribution in [0.5, 0.6) is 11.5 Å². The molecule has 0 radical (unpaired) electrons. The number of nitrogens with zero attached hydrogens (tertiary/aromatic N) is 1. The quantitative estimate of drug-likeness (QED) is 0.226. The maximum absolute atomic E-state index is 13.4. The fraction of sp³-hybridized carbons (Fsp3) is 0.500. The standard InChI is InChI=1S/C28H32INO5/c1-4-14-35-28-19(29)16-18(17-24(28)34-5-2)25-26-20(9-6-11-22(26)31)30(13-8-15-33-3)21-10-7-12-23(32)27(21)25/h1,16-17,25H,5-15H2,2-3H3. The average Bonchev–Trinajstić information content (AvgIpc) is 2.84. The molecule has 186 valence electrons. The summed E-state index contributed by atoms with van der Waals surface area (Å²) >= 11 is 2.22. The van der Waals surface area contributed by atoms with E-state index in [4.69, 9.17) is 20.6 Å². The Balaban J connectivity index is 1.89. The Bertz CT molecular complexity index is 1070. The number of Topliss-reactive ketones (excluding diaryl/α,β-unsaturated/α-hetero) is 2. The molecule has 0 unspecified atom stereocenters. The summed E-state index contributed by atoms with van der Waals surface area (Å²) in [4.78, 5) is 29.2. The summed E-state index contributed by atoms with van der Waals surface area (Å²) in [5, 5.41) is 0. The van der Waals surface area contributed by atoms with Crippen molar-refractivity contribution in [2.24, 2.45) is 0 Å². The number of terminal acetylenes is 1. The minimum atomic E-state index is -0.381. The van der Waals surface area contributed by atoms with Crippen LogP contribution in [0.4, 0.5) is 0 Å². The van der Waals surface area contributed by atoms with Crippen LogP contribution in [0, 0.1) is 15.9 Å². The lowest BCUT2D eigenvalue weighted by Crippen LogP contribution is -2.39.